The second kappa shape index (κ2) is 10.0. The summed E-state index contributed by atoms with van der Waals surface area (Å²) in [5, 5.41) is 7.53. The molecule has 0 saturated carbocycles. The van der Waals surface area contributed by atoms with Gasteiger partial charge in [0, 0.05) is 30.8 Å². The van der Waals surface area contributed by atoms with E-state index in [0.717, 1.165) is 13.1 Å². The van der Waals surface area contributed by atoms with Gasteiger partial charge < -0.3 is 10.7 Å². The van der Waals surface area contributed by atoms with E-state index in [9.17, 15) is 0 Å². The fraction of sp³-hybridized carbons (Fsp3) is 0.650. The Bertz CT molecular complexity index is 493. The molecule has 1 aliphatic heterocycles. The van der Waals surface area contributed by atoms with Gasteiger partial charge in [0.15, 0.2) is 0 Å². The maximum atomic E-state index is 5.75. The third kappa shape index (κ3) is 5.49. The average molecular weight is 350 g/mol. The van der Waals surface area contributed by atoms with Gasteiger partial charge in [-0.2, -0.15) is 5.10 Å². The molecule has 0 radical (unpaired) electrons. The van der Waals surface area contributed by atoms with E-state index in [1.165, 1.54) is 24.8 Å². The van der Waals surface area contributed by atoms with Crippen molar-refractivity contribution in [2.75, 3.05) is 20.1 Å². The average Bonchev–Trinajstić information content (AvgIpc) is 3.08. The van der Waals surface area contributed by atoms with Crippen LogP contribution in [0.25, 0.3) is 0 Å². The summed E-state index contributed by atoms with van der Waals surface area (Å²) in [5.74, 6) is 2.98. The summed E-state index contributed by atoms with van der Waals surface area (Å²) in [6, 6.07) is 0. The first-order valence-electron chi connectivity index (χ1n) is 9.21. The molecule has 2 aliphatic rings. The van der Waals surface area contributed by atoms with Crippen LogP contribution in [0.15, 0.2) is 40.5 Å². The molecule has 24 heavy (non-hydrogen) atoms. The van der Waals surface area contributed by atoms with Gasteiger partial charge in [-0.15, -0.1) is 0 Å². The molecule has 2 N–H and O–H groups in total. The summed E-state index contributed by atoms with van der Waals surface area (Å²) in [7, 11) is 2.05. The lowest BCUT2D eigenvalue weighted by atomic mass is 9.73. The van der Waals surface area contributed by atoms with Crippen LogP contribution >= 0.6 is 11.6 Å². The van der Waals surface area contributed by atoms with Crippen LogP contribution in [0.5, 0.6) is 0 Å². The Morgan fingerprint density at radius 3 is 2.71 bits per heavy atom. The van der Waals surface area contributed by atoms with Crippen molar-refractivity contribution in [3.05, 3.63) is 35.4 Å². The van der Waals surface area contributed by atoms with Crippen molar-refractivity contribution in [1.82, 2.24) is 10.7 Å². The first-order valence-corrected chi connectivity index (χ1v) is 9.65. The fourth-order valence-corrected chi connectivity index (χ4v) is 4.05. The minimum Gasteiger partial charge on any atom is -0.319 e. The van der Waals surface area contributed by atoms with E-state index in [4.69, 9.17) is 11.6 Å². The molecule has 0 saturated heterocycles. The largest absolute Gasteiger partial charge is 0.319 e. The molecular weight excluding hydrogens is 318 g/mol. The molecule has 3 nitrogen and oxygen atoms in total. The second-order valence-electron chi connectivity index (χ2n) is 7.33. The van der Waals surface area contributed by atoms with Gasteiger partial charge in [-0.25, -0.2) is 0 Å². The van der Waals surface area contributed by atoms with E-state index in [1.807, 2.05) is 13.1 Å². The van der Waals surface area contributed by atoms with Gasteiger partial charge >= 0.3 is 0 Å². The molecule has 0 aromatic rings. The predicted molar refractivity (Wildman–Crippen MR) is 105 cm³/mol. The summed E-state index contributed by atoms with van der Waals surface area (Å²) in [5.41, 5.74) is 6.15. The van der Waals surface area contributed by atoms with Crippen molar-refractivity contribution in [1.29, 1.82) is 0 Å². The van der Waals surface area contributed by atoms with Crippen LogP contribution in [0, 0.1) is 29.6 Å². The maximum absolute atomic E-state index is 5.75. The molecule has 4 heteroatoms. The second-order valence-corrected chi connectivity index (χ2v) is 7.58. The first-order chi connectivity index (χ1) is 11.7. The molecule has 0 amide bonds. The van der Waals surface area contributed by atoms with Gasteiger partial charge in [0.1, 0.15) is 0 Å². The van der Waals surface area contributed by atoms with Crippen molar-refractivity contribution in [2.45, 2.75) is 33.1 Å². The van der Waals surface area contributed by atoms with E-state index < -0.39 is 0 Å². The molecule has 4 atom stereocenters. The number of allylic oxidation sites excluding steroid dienone is 4. The minimum absolute atomic E-state index is 0.531. The van der Waals surface area contributed by atoms with E-state index >= 15 is 0 Å². The molecule has 1 unspecified atom stereocenters. The molecule has 1 aliphatic carbocycles. The Kier molecular flexibility index (Phi) is 8.07. The quantitative estimate of drug-likeness (QED) is 0.505. The van der Waals surface area contributed by atoms with Crippen LogP contribution in [0.4, 0.5) is 0 Å². The van der Waals surface area contributed by atoms with Gasteiger partial charge in [-0.3, -0.25) is 0 Å². The van der Waals surface area contributed by atoms with Gasteiger partial charge in [0.25, 0.3) is 0 Å². The van der Waals surface area contributed by atoms with E-state index in [-0.39, 0.29) is 0 Å². The van der Waals surface area contributed by atoms with Crippen LogP contribution in [0.2, 0.25) is 0 Å². The third-order valence-corrected chi connectivity index (χ3v) is 5.38. The van der Waals surface area contributed by atoms with Gasteiger partial charge in [0.2, 0.25) is 0 Å². The van der Waals surface area contributed by atoms with E-state index in [1.54, 1.807) is 5.54 Å². The normalized spacial score (nSPS) is 28.7. The molecular formula is C20H32ClN3. The Hall–Kier alpha value is -1.06. The number of rotatable bonds is 8. The number of hydrogen-bond acceptors (Lipinski definition) is 3. The predicted octanol–water partition coefficient (Wildman–Crippen LogP) is 4.33. The number of nitrogens with one attached hydrogen (secondary N) is 2. The highest BCUT2D eigenvalue weighted by Gasteiger charge is 2.28. The standard InChI is InChI=1S/C20H32ClN3/c1-15(2)19(5-4-10-21)20(14-22-3)18-8-6-16(7-9-18)11-17-12-23-24-13-17/h4-6,8,10,12,15-18,20,22,24H,7,9,11,13-14H2,1-3H3/b10-4+,19-5+/t16-,17-,18+,20?/m1/s1. The van der Waals surface area contributed by atoms with Crippen LogP contribution in [0.3, 0.4) is 0 Å². The molecule has 0 aromatic heterocycles. The number of hydrazone groups is 1. The maximum Gasteiger partial charge on any atom is 0.0408 e. The zero-order valence-electron chi connectivity index (χ0n) is 15.2. The van der Waals surface area contributed by atoms with Crippen molar-refractivity contribution >= 4 is 17.8 Å². The Labute approximate surface area is 152 Å². The van der Waals surface area contributed by atoms with Gasteiger partial charge in [-0.05, 0) is 50.0 Å². The Balaban J connectivity index is 2.04. The van der Waals surface area contributed by atoms with E-state index in [2.05, 4.69) is 54.1 Å². The topological polar surface area (TPSA) is 36.4 Å². The number of halogens is 1. The molecule has 1 heterocycles. The third-order valence-electron chi connectivity index (χ3n) is 5.23. The summed E-state index contributed by atoms with van der Waals surface area (Å²) < 4.78 is 0. The zero-order chi connectivity index (χ0) is 17.4. The highest BCUT2D eigenvalue weighted by Crippen LogP contribution is 2.36. The van der Waals surface area contributed by atoms with Crippen LogP contribution in [-0.4, -0.2) is 26.4 Å². The Morgan fingerprint density at radius 1 is 1.33 bits per heavy atom. The fourth-order valence-electron chi connectivity index (χ4n) is 3.97. The van der Waals surface area contributed by atoms with Crippen LogP contribution in [-0.2, 0) is 0 Å². The molecule has 2 rings (SSSR count). The molecule has 0 bridgehead atoms. The minimum atomic E-state index is 0.531. The van der Waals surface area contributed by atoms with Gasteiger partial charge in [0.05, 0.1) is 0 Å². The molecule has 0 fully saturated rings. The number of nitrogens with zero attached hydrogens (tertiary/aromatic N) is 1. The lowest BCUT2D eigenvalue weighted by Gasteiger charge is -2.33. The molecule has 134 valence electrons. The summed E-state index contributed by atoms with van der Waals surface area (Å²) in [6.07, 6.45) is 14.9. The zero-order valence-corrected chi connectivity index (χ0v) is 16.0. The summed E-state index contributed by atoms with van der Waals surface area (Å²) in [4.78, 5) is 0. The monoisotopic (exact) mass is 349 g/mol. The molecule has 0 spiro atoms. The van der Waals surface area contributed by atoms with Crippen molar-refractivity contribution < 1.29 is 0 Å². The summed E-state index contributed by atoms with van der Waals surface area (Å²) in [6.45, 7) is 6.57. The highest BCUT2D eigenvalue weighted by molar-refractivity contribution is 6.25. The molecule has 0 aromatic carbocycles. The highest BCUT2D eigenvalue weighted by atomic mass is 35.5. The lowest BCUT2D eigenvalue weighted by Crippen LogP contribution is -2.30. The lowest BCUT2D eigenvalue weighted by molar-refractivity contribution is 0.332. The smallest absolute Gasteiger partial charge is 0.0408 e. The van der Waals surface area contributed by atoms with Crippen molar-refractivity contribution in [3.63, 3.8) is 0 Å². The van der Waals surface area contributed by atoms with Crippen LogP contribution < -0.4 is 10.7 Å². The summed E-state index contributed by atoms with van der Waals surface area (Å²) >= 11 is 5.75. The number of hydrogen-bond donors (Lipinski definition) is 2. The van der Waals surface area contributed by atoms with Gasteiger partial charge in [-0.1, -0.05) is 55.3 Å². The van der Waals surface area contributed by atoms with E-state index in [0.29, 0.717) is 29.6 Å². The Morgan fingerprint density at radius 2 is 2.17 bits per heavy atom. The van der Waals surface area contributed by atoms with Crippen molar-refractivity contribution in [2.24, 2.45) is 34.7 Å². The van der Waals surface area contributed by atoms with Crippen molar-refractivity contribution in [3.8, 4) is 0 Å². The first kappa shape index (κ1) is 19.3. The SMILES string of the molecule is CNCC(/C(=C/C=C/Cl)C(C)C)[C@H]1C=C[C@@H](C[C@@H]2C=NNC2)CC1. The van der Waals surface area contributed by atoms with Crippen LogP contribution in [0.1, 0.15) is 33.1 Å².